The SMILES string of the molecule is COc1cc2nc(N3C(=O)C(=O)/C(=C(/O)c4ccc(OCC(C)C)c(C)c4)C3c3cccs3)[nH]c2cc1OC. The largest absolute Gasteiger partial charge is 0.507 e. The minimum Gasteiger partial charge on any atom is -0.507 e. The van der Waals surface area contributed by atoms with Crippen molar-refractivity contribution in [2.45, 2.75) is 26.8 Å². The van der Waals surface area contributed by atoms with Gasteiger partial charge in [-0.1, -0.05) is 19.9 Å². The minimum absolute atomic E-state index is 0.00619. The van der Waals surface area contributed by atoms with Gasteiger partial charge >= 0.3 is 5.91 Å². The molecule has 2 N–H and O–H groups in total. The van der Waals surface area contributed by atoms with Crippen LogP contribution in [-0.4, -0.2) is 47.6 Å². The topological polar surface area (TPSA) is 114 Å². The van der Waals surface area contributed by atoms with E-state index in [0.717, 1.165) is 5.56 Å². The molecule has 10 heteroatoms. The Morgan fingerprint density at radius 3 is 2.49 bits per heavy atom. The maximum Gasteiger partial charge on any atom is 0.302 e. The predicted molar refractivity (Wildman–Crippen MR) is 150 cm³/mol. The third kappa shape index (κ3) is 4.72. The van der Waals surface area contributed by atoms with Crippen molar-refractivity contribution in [3.8, 4) is 17.2 Å². The fraction of sp³-hybridized carbons (Fsp3) is 0.276. The number of ketones is 1. The molecule has 2 aromatic heterocycles. The molecular formula is C29H29N3O6S. The number of aliphatic hydroxyl groups is 1. The number of aromatic nitrogens is 2. The highest BCUT2D eigenvalue weighted by molar-refractivity contribution is 7.10. The Hall–Kier alpha value is -4.31. The molecule has 3 heterocycles. The summed E-state index contributed by atoms with van der Waals surface area (Å²) in [4.78, 5) is 36.6. The zero-order valence-corrected chi connectivity index (χ0v) is 23.1. The van der Waals surface area contributed by atoms with Crippen LogP contribution in [0, 0.1) is 12.8 Å². The number of carbonyl (C=O) groups is 2. The Morgan fingerprint density at radius 1 is 1.10 bits per heavy atom. The van der Waals surface area contributed by atoms with Crippen LogP contribution < -0.4 is 19.1 Å². The number of aromatic amines is 1. The number of hydrogen-bond donors (Lipinski definition) is 2. The second-order valence-electron chi connectivity index (χ2n) is 9.65. The van der Waals surface area contributed by atoms with Crippen molar-refractivity contribution in [1.29, 1.82) is 0 Å². The monoisotopic (exact) mass is 547 g/mol. The molecule has 1 atom stereocenters. The molecule has 0 spiro atoms. The predicted octanol–water partition coefficient (Wildman–Crippen LogP) is 5.61. The number of aliphatic hydroxyl groups excluding tert-OH is 1. The maximum absolute atomic E-state index is 13.5. The summed E-state index contributed by atoms with van der Waals surface area (Å²) in [5.74, 6) is 0.370. The fourth-order valence-electron chi connectivity index (χ4n) is 4.58. The number of carbonyl (C=O) groups excluding carboxylic acids is 2. The van der Waals surface area contributed by atoms with Crippen molar-refractivity contribution in [2.75, 3.05) is 25.7 Å². The van der Waals surface area contributed by atoms with E-state index in [4.69, 9.17) is 14.2 Å². The summed E-state index contributed by atoms with van der Waals surface area (Å²) >= 11 is 1.38. The van der Waals surface area contributed by atoms with Gasteiger partial charge in [0, 0.05) is 22.6 Å². The van der Waals surface area contributed by atoms with Crippen LogP contribution in [0.4, 0.5) is 5.95 Å². The van der Waals surface area contributed by atoms with Gasteiger partial charge in [-0.2, -0.15) is 0 Å². The van der Waals surface area contributed by atoms with Crippen molar-refractivity contribution >= 4 is 45.8 Å². The number of nitrogens with one attached hydrogen (secondary N) is 1. The van der Waals surface area contributed by atoms with E-state index in [1.165, 1.54) is 30.5 Å². The fourth-order valence-corrected chi connectivity index (χ4v) is 5.40. The normalized spacial score (nSPS) is 16.9. The highest BCUT2D eigenvalue weighted by Crippen LogP contribution is 2.44. The molecule has 39 heavy (non-hydrogen) atoms. The molecule has 1 fully saturated rings. The molecule has 2 aromatic carbocycles. The minimum atomic E-state index is -0.869. The van der Waals surface area contributed by atoms with Crippen LogP contribution in [0.25, 0.3) is 16.8 Å². The number of benzene rings is 2. The van der Waals surface area contributed by atoms with Gasteiger partial charge in [-0.15, -0.1) is 11.3 Å². The number of aryl methyl sites for hydroxylation is 1. The quantitative estimate of drug-likeness (QED) is 0.167. The van der Waals surface area contributed by atoms with Crippen LogP contribution in [0.3, 0.4) is 0 Å². The first-order valence-electron chi connectivity index (χ1n) is 12.4. The van der Waals surface area contributed by atoms with Gasteiger partial charge in [0.1, 0.15) is 17.6 Å². The summed E-state index contributed by atoms with van der Waals surface area (Å²) in [6.45, 7) is 6.56. The van der Waals surface area contributed by atoms with E-state index >= 15 is 0 Å². The molecule has 202 valence electrons. The Balaban J connectivity index is 1.61. The molecule has 0 saturated carbocycles. The number of methoxy groups -OCH3 is 2. The lowest BCUT2D eigenvalue weighted by Gasteiger charge is -2.21. The lowest BCUT2D eigenvalue weighted by atomic mass is 9.99. The first-order chi connectivity index (χ1) is 18.7. The van der Waals surface area contributed by atoms with E-state index < -0.39 is 17.7 Å². The van der Waals surface area contributed by atoms with Gasteiger partial charge in [0.05, 0.1) is 37.4 Å². The van der Waals surface area contributed by atoms with E-state index in [2.05, 4.69) is 23.8 Å². The van der Waals surface area contributed by atoms with Crippen LogP contribution in [0.2, 0.25) is 0 Å². The number of imidazole rings is 1. The summed E-state index contributed by atoms with van der Waals surface area (Å²) < 4.78 is 16.6. The van der Waals surface area contributed by atoms with Gasteiger partial charge in [-0.05, 0) is 48.1 Å². The van der Waals surface area contributed by atoms with Crippen LogP contribution in [0.1, 0.15) is 35.9 Å². The van der Waals surface area contributed by atoms with Gasteiger partial charge in [-0.3, -0.25) is 14.5 Å². The third-order valence-corrected chi connectivity index (χ3v) is 7.41. The number of thiophene rings is 1. The standard InChI is InChI=1S/C29H29N3O6S/c1-15(2)14-38-20-9-8-17(11-16(20)3)26(33)24-25(23-7-6-10-39-23)32(28(35)27(24)34)29-30-18-12-21(36-4)22(37-5)13-19(18)31-29/h6-13,15,25,33H,14H2,1-5H3,(H,30,31)/b26-24+. The first-order valence-corrected chi connectivity index (χ1v) is 13.3. The molecular weight excluding hydrogens is 518 g/mol. The maximum atomic E-state index is 13.5. The molecule has 1 amide bonds. The van der Waals surface area contributed by atoms with Gasteiger partial charge in [-0.25, -0.2) is 4.98 Å². The summed E-state index contributed by atoms with van der Waals surface area (Å²) in [6.07, 6.45) is 0. The van der Waals surface area contributed by atoms with Crippen molar-refractivity contribution in [1.82, 2.24) is 9.97 Å². The number of Topliss-reactive ketones (excluding diaryl/α,β-unsaturated/α-hetero) is 1. The zero-order valence-electron chi connectivity index (χ0n) is 22.3. The van der Waals surface area contributed by atoms with E-state index in [1.807, 2.05) is 24.4 Å². The molecule has 9 nitrogen and oxygen atoms in total. The summed E-state index contributed by atoms with van der Waals surface area (Å²) in [7, 11) is 3.05. The molecule has 0 aliphatic carbocycles. The Morgan fingerprint density at radius 2 is 1.85 bits per heavy atom. The number of H-pyrrole nitrogens is 1. The second-order valence-corrected chi connectivity index (χ2v) is 10.6. The number of nitrogens with zero attached hydrogens (tertiary/aromatic N) is 2. The number of anilines is 1. The molecule has 1 saturated heterocycles. The molecule has 5 rings (SSSR count). The zero-order chi connectivity index (χ0) is 27.8. The Kier molecular flexibility index (Phi) is 7.05. The smallest absolute Gasteiger partial charge is 0.302 e. The molecule has 0 radical (unpaired) electrons. The van der Waals surface area contributed by atoms with Crippen LogP contribution >= 0.6 is 11.3 Å². The van der Waals surface area contributed by atoms with E-state index in [1.54, 1.807) is 30.3 Å². The number of amides is 1. The highest BCUT2D eigenvalue weighted by atomic mass is 32.1. The van der Waals surface area contributed by atoms with Crippen molar-refractivity contribution in [3.63, 3.8) is 0 Å². The van der Waals surface area contributed by atoms with E-state index in [9.17, 15) is 14.7 Å². The number of fused-ring (bicyclic) bond motifs is 1. The number of ether oxygens (including phenoxy) is 3. The van der Waals surface area contributed by atoms with Gasteiger partial charge in [0.25, 0.3) is 5.78 Å². The van der Waals surface area contributed by atoms with Crippen LogP contribution in [0.15, 0.2) is 53.4 Å². The van der Waals surface area contributed by atoms with Crippen molar-refractivity contribution in [2.24, 2.45) is 5.92 Å². The van der Waals surface area contributed by atoms with Gasteiger partial charge < -0.3 is 24.3 Å². The number of rotatable bonds is 8. The lowest BCUT2D eigenvalue weighted by Crippen LogP contribution is -2.30. The average molecular weight is 548 g/mol. The summed E-state index contributed by atoms with van der Waals surface area (Å²) in [6, 6.07) is 11.4. The average Bonchev–Trinajstić information content (AvgIpc) is 3.65. The highest BCUT2D eigenvalue weighted by Gasteiger charge is 2.48. The molecule has 1 unspecified atom stereocenters. The van der Waals surface area contributed by atoms with E-state index in [-0.39, 0.29) is 17.3 Å². The molecule has 1 aliphatic rings. The summed E-state index contributed by atoms with van der Waals surface area (Å²) in [5, 5.41) is 13.3. The number of hydrogen-bond acceptors (Lipinski definition) is 8. The molecule has 0 bridgehead atoms. The van der Waals surface area contributed by atoms with E-state index in [0.29, 0.717) is 51.2 Å². The van der Waals surface area contributed by atoms with Crippen molar-refractivity contribution in [3.05, 3.63) is 69.4 Å². The van der Waals surface area contributed by atoms with Crippen molar-refractivity contribution < 1.29 is 28.9 Å². The molecule has 4 aromatic rings. The van der Waals surface area contributed by atoms with Crippen LogP contribution in [-0.2, 0) is 9.59 Å². The third-order valence-electron chi connectivity index (χ3n) is 6.48. The Bertz CT molecular complexity index is 1550. The second kappa shape index (κ2) is 10.5. The van der Waals surface area contributed by atoms with Gasteiger partial charge in [0.2, 0.25) is 5.95 Å². The summed E-state index contributed by atoms with van der Waals surface area (Å²) in [5.41, 5.74) is 2.35. The van der Waals surface area contributed by atoms with Gasteiger partial charge in [0.15, 0.2) is 11.5 Å². The first kappa shape index (κ1) is 26.3. The lowest BCUT2D eigenvalue weighted by molar-refractivity contribution is -0.132. The molecule has 1 aliphatic heterocycles. The Labute approximate surface area is 229 Å². The van der Waals surface area contributed by atoms with Crippen LogP contribution in [0.5, 0.6) is 17.2 Å².